The average molecular weight is 375 g/mol. The first-order chi connectivity index (χ1) is 11.9. The molecule has 0 saturated carbocycles. The molecule has 1 aliphatic heterocycles. The smallest absolute Gasteiger partial charge is 0.270 e. The molecule has 1 heterocycles. The molecular formula is C17H11ClN2O4S. The van der Waals surface area contributed by atoms with E-state index >= 15 is 0 Å². The Morgan fingerprint density at radius 3 is 2.36 bits per heavy atom. The van der Waals surface area contributed by atoms with E-state index in [2.05, 4.69) is 5.32 Å². The highest BCUT2D eigenvalue weighted by molar-refractivity contribution is 7.80. The number of aromatic hydroxyl groups is 2. The van der Waals surface area contributed by atoms with Crippen LogP contribution in [0.5, 0.6) is 11.5 Å². The maximum Gasteiger partial charge on any atom is 0.270 e. The molecule has 1 aliphatic rings. The molecule has 25 heavy (non-hydrogen) atoms. The van der Waals surface area contributed by atoms with Crippen LogP contribution < -0.4 is 10.2 Å². The molecule has 6 nitrogen and oxygen atoms in total. The van der Waals surface area contributed by atoms with Gasteiger partial charge in [-0.3, -0.25) is 19.8 Å². The van der Waals surface area contributed by atoms with E-state index in [1.54, 1.807) is 24.3 Å². The molecule has 0 aliphatic carbocycles. The van der Waals surface area contributed by atoms with Gasteiger partial charge in [0.25, 0.3) is 11.8 Å². The first-order valence-electron chi connectivity index (χ1n) is 7.06. The quantitative estimate of drug-likeness (QED) is 0.325. The summed E-state index contributed by atoms with van der Waals surface area (Å²) in [6, 6.07) is 10.4. The Kier molecular flexibility index (Phi) is 4.43. The molecule has 2 aromatic carbocycles. The molecule has 0 aromatic heterocycles. The second-order valence-corrected chi connectivity index (χ2v) is 6.01. The topological polar surface area (TPSA) is 89.9 Å². The number of rotatable bonds is 2. The van der Waals surface area contributed by atoms with E-state index in [1.807, 2.05) is 0 Å². The molecule has 0 radical (unpaired) electrons. The number of benzene rings is 2. The molecule has 3 rings (SSSR count). The van der Waals surface area contributed by atoms with E-state index in [-0.39, 0.29) is 22.2 Å². The zero-order valence-corrected chi connectivity index (χ0v) is 14.1. The summed E-state index contributed by atoms with van der Waals surface area (Å²) in [6.07, 6.45) is 1.31. The number of halogens is 1. The summed E-state index contributed by atoms with van der Waals surface area (Å²) in [6.45, 7) is 0. The predicted octanol–water partition coefficient (Wildman–Crippen LogP) is 2.58. The van der Waals surface area contributed by atoms with E-state index in [0.717, 1.165) is 0 Å². The molecule has 0 atom stereocenters. The standard InChI is InChI=1S/C17H11ClN2O4S/c18-10-2-4-11(5-3-10)20-16(24)12(15(23)19-17(20)25)7-9-1-6-13(21)14(22)8-9/h1-8,21-22H,(H,19,23,25)/b12-7-. The zero-order chi connectivity index (χ0) is 18.1. The third kappa shape index (κ3) is 3.33. The van der Waals surface area contributed by atoms with Crippen molar-refractivity contribution < 1.29 is 19.8 Å². The molecule has 2 aromatic rings. The normalized spacial score (nSPS) is 16.3. The van der Waals surface area contributed by atoms with Crippen molar-refractivity contribution in [3.05, 3.63) is 58.6 Å². The van der Waals surface area contributed by atoms with Crippen LogP contribution in [-0.2, 0) is 9.59 Å². The van der Waals surface area contributed by atoms with Crippen LogP contribution in [0, 0.1) is 0 Å². The zero-order valence-electron chi connectivity index (χ0n) is 12.6. The third-order valence-electron chi connectivity index (χ3n) is 3.50. The van der Waals surface area contributed by atoms with Gasteiger partial charge < -0.3 is 10.2 Å². The molecule has 2 amide bonds. The number of anilines is 1. The Balaban J connectivity index is 2.01. The fourth-order valence-electron chi connectivity index (χ4n) is 2.28. The first-order valence-corrected chi connectivity index (χ1v) is 7.84. The van der Waals surface area contributed by atoms with Gasteiger partial charge in [0, 0.05) is 5.02 Å². The number of hydrogen-bond donors (Lipinski definition) is 3. The molecule has 1 saturated heterocycles. The van der Waals surface area contributed by atoms with Gasteiger partial charge in [0.1, 0.15) is 5.57 Å². The first kappa shape index (κ1) is 16.9. The van der Waals surface area contributed by atoms with E-state index in [9.17, 15) is 19.8 Å². The van der Waals surface area contributed by atoms with Crippen molar-refractivity contribution in [2.75, 3.05) is 4.90 Å². The summed E-state index contributed by atoms with van der Waals surface area (Å²) in [5, 5.41) is 21.8. The van der Waals surface area contributed by atoms with Crippen molar-refractivity contribution in [2.24, 2.45) is 0 Å². The summed E-state index contributed by atoms with van der Waals surface area (Å²) < 4.78 is 0. The molecule has 0 spiro atoms. The van der Waals surface area contributed by atoms with Crippen LogP contribution >= 0.6 is 23.8 Å². The van der Waals surface area contributed by atoms with Gasteiger partial charge in [-0.25, -0.2) is 0 Å². The van der Waals surface area contributed by atoms with Crippen LogP contribution in [0.4, 0.5) is 5.69 Å². The maximum atomic E-state index is 12.8. The van der Waals surface area contributed by atoms with Gasteiger partial charge in [0.05, 0.1) is 5.69 Å². The van der Waals surface area contributed by atoms with Crippen LogP contribution in [-0.4, -0.2) is 27.1 Å². The molecule has 0 bridgehead atoms. The highest BCUT2D eigenvalue weighted by atomic mass is 35.5. The second-order valence-electron chi connectivity index (χ2n) is 5.18. The van der Waals surface area contributed by atoms with E-state index < -0.39 is 11.8 Å². The molecule has 126 valence electrons. The van der Waals surface area contributed by atoms with Crippen LogP contribution in [0.3, 0.4) is 0 Å². The van der Waals surface area contributed by atoms with E-state index in [0.29, 0.717) is 16.3 Å². The van der Waals surface area contributed by atoms with E-state index in [1.165, 1.54) is 29.2 Å². The van der Waals surface area contributed by atoms with Crippen molar-refractivity contribution in [1.29, 1.82) is 0 Å². The molecule has 3 N–H and O–H groups in total. The lowest BCUT2D eigenvalue weighted by Crippen LogP contribution is -2.54. The van der Waals surface area contributed by atoms with Crippen molar-refractivity contribution >= 4 is 52.5 Å². The number of hydrogen-bond acceptors (Lipinski definition) is 5. The summed E-state index contributed by atoms with van der Waals surface area (Å²) >= 11 is 10.9. The number of phenolic OH excluding ortho intramolecular Hbond substituents is 2. The van der Waals surface area contributed by atoms with E-state index in [4.69, 9.17) is 23.8 Å². The number of thiocarbonyl (C=S) groups is 1. The Morgan fingerprint density at radius 2 is 1.72 bits per heavy atom. The van der Waals surface area contributed by atoms with Crippen LogP contribution in [0.25, 0.3) is 6.08 Å². The Labute approximate surface area is 153 Å². The van der Waals surface area contributed by atoms with Gasteiger partial charge in [-0.2, -0.15) is 0 Å². The van der Waals surface area contributed by atoms with Gasteiger partial charge in [-0.05, 0) is 60.3 Å². The minimum absolute atomic E-state index is 0.0389. The van der Waals surface area contributed by atoms with Crippen molar-refractivity contribution in [2.45, 2.75) is 0 Å². The monoisotopic (exact) mass is 374 g/mol. The number of carbonyl (C=O) groups excluding carboxylic acids is 2. The molecule has 8 heteroatoms. The van der Waals surface area contributed by atoms with Gasteiger partial charge in [0.2, 0.25) is 0 Å². The van der Waals surface area contributed by atoms with Crippen molar-refractivity contribution in [3.63, 3.8) is 0 Å². The Bertz CT molecular complexity index is 925. The largest absolute Gasteiger partial charge is 0.504 e. The summed E-state index contributed by atoms with van der Waals surface area (Å²) in [7, 11) is 0. The number of carbonyl (C=O) groups is 2. The maximum absolute atomic E-state index is 12.8. The van der Waals surface area contributed by atoms with Gasteiger partial charge in [0.15, 0.2) is 16.6 Å². The van der Waals surface area contributed by atoms with Crippen LogP contribution in [0.15, 0.2) is 48.0 Å². The van der Waals surface area contributed by atoms with Gasteiger partial charge in [-0.15, -0.1) is 0 Å². The number of nitrogens with one attached hydrogen (secondary N) is 1. The lowest BCUT2D eigenvalue weighted by atomic mass is 10.1. The van der Waals surface area contributed by atoms with Crippen LogP contribution in [0.1, 0.15) is 5.56 Å². The molecule has 1 fully saturated rings. The fraction of sp³-hybridized carbons (Fsp3) is 0. The minimum Gasteiger partial charge on any atom is -0.504 e. The highest BCUT2D eigenvalue weighted by Gasteiger charge is 2.34. The lowest BCUT2D eigenvalue weighted by Gasteiger charge is -2.28. The summed E-state index contributed by atoms with van der Waals surface area (Å²) in [4.78, 5) is 26.1. The van der Waals surface area contributed by atoms with Gasteiger partial charge in [-0.1, -0.05) is 17.7 Å². The predicted molar refractivity (Wildman–Crippen MR) is 97.4 cm³/mol. The lowest BCUT2D eigenvalue weighted by molar-refractivity contribution is -0.122. The Morgan fingerprint density at radius 1 is 1.04 bits per heavy atom. The van der Waals surface area contributed by atoms with Gasteiger partial charge >= 0.3 is 0 Å². The SMILES string of the molecule is O=C1NC(=S)N(c2ccc(Cl)cc2)C(=O)/C1=C\c1ccc(O)c(O)c1. The summed E-state index contributed by atoms with van der Waals surface area (Å²) in [5.74, 6) is -1.91. The third-order valence-corrected chi connectivity index (χ3v) is 4.03. The molecule has 0 unspecified atom stereocenters. The fourth-order valence-corrected chi connectivity index (χ4v) is 2.69. The average Bonchev–Trinajstić information content (AvgIpc) is 2.56. The Hall–Kier alpha value is -2.90. The summed E-state index contributed by atoms with van der Waals surface area (Å²) in [5.41, 5.74) is 0.671. The highest BCUT2D eigenvalue weighted by Crippen LogP contribution is 2.27. The second kappa shape index (κ2) is 6.54. The van der Waals surface area contributed by atoms with Crippen LogP contribution in [0.2, 0.25) is 5.02 Å². The number of amides is 2. The molecular weight excluding hydrogens is 364 g/mol. The number of nitrogens with zero attached hydrogens (tertiary/aromatic N) is 1. The minimum atomic E-state index is -0.646. The number of phenols is 2. The van der Waals surface area contributed by atoms with Crippen molar-refractivity contribution in [1.82, 2.24) is 5.32 Å². The van der Waals surface area contributed by atoms with Crippen molar-refractivity contribution in [3.8, 4) is 11.5 Å².